The zero-order chi connectivity index (χ0) is 21.3. The minimum Gasteiger partial charge on any atom is -0.321 e. The summed E-state index contributed by atoms with van der Waals surface area (Å²) in [6, 6.07) is 11.0. The molecule has 1 aliphatic rings. The minimum atomic E-state index is -3.75. The van der Waals surface area contributed by atoms with Gasteiger partial charge in [-0.05, 0) is 43.0 Å². The van der Waals surface area contributed by atoms with Crippen molar-refractivity contribution in [1.29, 1.82) is 0 Å². The molecule has 0 atom stereocenters. The lowest BCUT2D eigenvalue weighted by atomic mass is 9.89. The van der Waals surface area contributed by atoms with Crippen LogP contribution in [0.4, 0.5) is 10.1 Å². The Bertz CT molecular complexity index is 1200. The quantitative estimate of drug-likeness (QED) is 0.651. The summed E-state index contributed by atoms with van der Waals surface area (Å²) < 4.78 is 39.3. The summed E-state index contributed by atoms with van der Waals surface area (Å²) in [5.74, 6) is -0.767. The van der Waals surface area contributed by atoms with Crippen LogP contribution in [0.2, 0.25) is 0 Å². The predicted molar refractivity (Wildman–Crippen MR) is 114 cm³/mol. The van der Waals surface area contributed by atoms with Gasteiger partial charge in [-0.25, -0.2) is 12.8 Å². The number of halogens is 1. The van der Waals surface area contributed by atoms with E-state index in [0.29, 0.717) is 18.2 Å². The number of rotatable bonds is 5. The van der Waals surface area contributed by atoms with E-state index in [1.54, 1.807) is 4.68 Å². The summed E-state index contributed by atoms with van der Waals surface area (Å²) in [4.78, 5) is 12.7. The predicted octanol–water partition coefficient (Wildman–Crippen LogP) is 4.41. The van der Waals surface area contributed by atoms with Crippen molar-refractivity contribution in [2.45, 2.75) is 43.5 Å². The van der Waals surface area contributed by atoms with Gasteiger partial charge >= 0.3 is 0 Å². The van der Waals surface area contributed by atoms with Crippen molar-refractivity contribution in [3.05, 3.63) is 54.0 Å². The van der Waals surface area contributed by atoms with Gasteiger partial charge < -0.3 is 5.32 Å². The number of carbonyl (C=O) groups is 1. The highest BCUT2D eigenvalue weighted by molar-refractivity contribution is 7.90. The van der Waals surface area contributed by atoms with Gasteiger partial charge in [0.15, 0.2) is 9.84 Å². The number of hydrogen-bond donors (Lipinski definition) is 1. The Balaban J connectivity index is 1.68. The van der Waals surface area contributed by atoms with Gasteiger partial charge in [-0.1, -0.05) is 37.5 Å². The molecular weight excluding hydrogens is 405 g/mol. The Hall–Kier alpha value is -2.74. The van der Waals surface area contributed by atoms with E-state index < -0.39 is 26.5 Å². The van der Waals surface area contributed by atoms with E-state index in [1.807, 2.05) is 24.3 Å². The summed E-state index contributed by atoms with van der Waals surface area (Å²) in [6.07, 6.45) is 6.80. The third-order valence-electron chi connectivity index (χ3n) is 5.61. The van der Waals surface area contributed by atoms with Crippen LogP contribution in [0.3, 0.4) is 0 Å². The average Bonchev–Trinajstić information content (AvgIpc) is 3.07. The molecule has 6 nitrogen and oxygen atoms in total. The van der Waals surface area contributed by atoms with Gasteiger partial charge in [-0.15, -0.1) is 0 Å². The van der Waals surface area contributed by atoms with E-state index in [2.05, 4.69) is 10.4 Å². The number of amides is 1. The average molecular weight is 430 g/mol. The molecule has 1 N–H and O–H groups in total. The number of nitrogens with one attached hydrogen (secondary N) is 1. The van der Waals surface area contributed by atoms with E-state index in [-0.39, 0.29) is 5.69 Å². The second kappa shape index (κ2) is 8.18. The Morgan fingerprint density at radius 2 is 1.90 bits per heavy atom. The molecule has 30 heavy (non-hydrogen) atoms. The molecule has 0 spiro atoms. The van der Waals surface area contributed by atoms with Crippen LogP contribution in [0.5, 0.6) is 0 Å². The maximum absolute atomic E-state index is 13.9. The summed E-state index contributed by atoms with van der Waals surface area (Å²) >= 11 is 0. The standard InChI is InChI=1S/C22H24FN3O3S/c1-30(28,29)20-13-16(11-12-18(20)23)24-22(27)21-17-9-5-6-10-19(17)25-26(21)14-15-7-3-2-4-8-15/h5-6,9-13,15H,2-4,7-8,14H2,1H3,(H,24,27). The first-order chi connectivity index (χ1) is 14.3. The minimum absolute atomic E-state index is 0.219. The fourth-order valence-electron chi connectivity index (χ4n) is 4.12. The van der Waals surface area contributed by atoms with Gasteiger partial charge in [0.05, 0.1) is 5.52 Å². The van der Waals surface area contributed by atoms with Crippen LogP contribution in [0.15, 0.2) is 47.4 Å². The molecule has 0 aliphatic heterocycles. The molecule has 1 fully saturated rings. The zero-order valence-electron chi connectivity index (χ0n) is 16.8. The fraction of sp³-hybridized carbons (Fsp3) is 0.364. The molecule has 1 heterocycles. The monoisotopic (exact) mass is 429 g/mol. The number of nitrogens with zero attached hydrogens (tertiary/aromatic N) is 2. The lowest BCUT2D eigenvalue weighted by Crippen LogP contribution is -2.22. The van der Waals surface area contributed by atoms with Crippen LogP contribution < -0.4 is 5.32 Å². The third kappa shape index (κ3) is 4.23. The van der Waals surface area contributed by atoms with Gasteiger partial charge in [0.2, 0.25) is 0 Å². The molecule has 0 unspecified atom stereocenters. The number of carbonyl (C=O) groups excluding carboxylic acids is 1. The molecule has 1 aliphatic carbocycles. The van der Waals surface area contributed by atoms with Gasteiger partial charge in [-0.3, -0.25) is 9.48 Å². The fourth-order valence-corrected chi connectivity index (χ4v) is 4.88. The molecule has 0 saturated heterocycles. The number of sulfone groups is 1. The van der Waals surface area contributed by atoms with Crippen molar-refractivity contribution in [2.24, 2.45) is 5.92 Å². The van der Waals surface area contributed by atoms with Gasteiger partial charge in [0, 0.05) is 23.9 Å². The second-order valence-corrected chi connectivity index (χ2v) is 9.91. The number of anilines is 1. The Morgan fingerprint density at radius 3 is 2.63 bits per heavy atom. The number of benzene rings is 2. The summed E-state index contributed by atoms with van der Waals surface area (Å²) in [5, 5.41) is 8.10. The van der Waals surface area contributed by atoms with Crippen LogP contribution in [-0.4, -0.2) is 30.4 Å². The lowest BCUT2D eigenvalue weighted by molar-refractivity contribution is 0.101. The Labute approximate surface area is 175 Å². The molecule has 158 valence electrons. The Kier molecular flexibility index (Phi) is 5.60. The highest BCUT2D eigenvalue weighted by atomic mass is 32.2. The smallest absolute Gasteiger partial charge is 0.274 e. The summed E-state index contributed by atoms with van der Waals surface area (Å²) in [7, 11) is -3.75. The molecule has 0 bridgehead atoms. The van der Waals surface area contributed by atoms with Crippen LogP contribution >= 0.6 is 0 Å². The SMILES string of the molecule is CS(=O)(=O)c1cc(NC(=O)c2c3ccccc3nn2CC2CCCCC2)ccc1F. The highest BCUT2D eigenvalue weighted by Gasteiger charge is 2.23. The summed E-state index contributed by atoms with van der Waals surface area (Å²) in [5.41, 5.74) is 1.38. The molecule has 1 aromatic heterocycles. The first kappa shape index (κ1) is 20.5. The van der Waals surface area contributed by atoms with Crippen molar-refractivity contribution < 1.29 is 17.6 Å². The molecule has 8 heteroatoms. The molecular formula is C22H24FN3O3S. The molecule has 1 saturated carbocycles. The van der Waals surface area contributed by atoms with Crippen molar-refractivity contribution in [3.8, 4) is 0 Å². The molecule has 4 rings (SSSR count). The first-order valence-corrected chi connectivity index (χ1v) is 12.0. The van der Waals surface area contributed by atoms with Crippen LogP contribution in [0.1, 0.15) is 42.6 Å². The first-order valence-electron chi connectivity index (χ1n) is 10.1. The van der Waals surface area contributed by atoms with E-state index in [0.717, 1.165) is 42.1 Å². The normalized spacial score (nSPS) is 15.4. The topological polar surface area (TPSA) is 81.1 Å². The second-order valence-electron chi connectivity index (χ2n) is 7.92. The molecule has 1 amide bonds. The van der Waals surface area contributed by atoms with E-state index in [4.69, 9.17) is 0 Å². The molecule has 3 aromatic rings. The van der Waals surface area contributed by atoms with Crippen LogP contribution in [-0.2, 0) is 16.4 Å². The highest BCUT2D eigenvalue weighted by Crippen LogP contribution is 2.28. The Morgan fingerprint density at radius 1 is 1.17 bits per heavy atom. The van der Waals surface area contributed by atoms with Crippen LogP contribution in [0.25, 0.3) is 10.9 Å². The van der Waals surface area contributed by atoms with E-state index in [9.17, 15) is 17.6 Å². The third-order valence-corrected chi connectivity index (χ3v) is 6.72. The zero-order valence-corrected chi connectivity index (χ0v) is 17.6. The van der Waals surface area contributed by atoms with Crippen molar-refractivity contribution in [1.82, 2.24) is 9.78 Å². The number of fused-ring (bicyclic) bond motifs is 1. The maximum Gasteiger partial charge on any atom is 0.274 e. The van der Waals surface area contributed by atoms with Crippen molar-refractivity contribution >= 4 is 32.3 Å². The van der Waals surface area contributed by atoms with Crippen LogP contribution in [0, 0.1) is 11.7 Å². The largest absolute Gasteiger partial charge is 0.321 e. The lowest BCUT2D eigenvalue weighted by Gasteiger charge is -2.22. The van der Waals surface area contributed by atoms with Gasteiger partial charge in [0.1, 0.15) is 16.4 Å². The van der Waals surface area contributed by atoms with Gasteiger partial charge in [0.25, 0.3) is 5.91 Å². The van der Waals surface area contributed by atoms with Gasteiger partial charge in [-0.2, -0.15) is 5.10 Å². The molecule has 0 radical (unpaired) electrons. The number of hydrogen-bond acceptors (Lipinski definition) is 4. The van der Waals surface area contributed by atoms with Crippen molar-refractivity contribution in [2.75, 3.05) is 11.6 Å². The maximum atomic E-state index is 13.9. The number of aromatic nitrogens is 2. The van der Waals surface area contributed by atoms with E-state index >= 15 is 0 Å². The molecule has 2 aromatic carbocycles. The van der Waals surface area contributed by atoms with Crippen molar-refractivity contribution in [3.63, 3.8) is 0 Å². The summed E-state index contributed by atoms with van der Waals surface area (Å²) in [6.45, 7) is 0.662. The van der Waals surface area contributed by atoms with E-state index in [1.165, 1.54) is 25.3 Å².